The lowest BCUT2D eigenvalue weighted by molar-refractivity contribution is -0.150. The van der Waals surface area contributed by atoms with Crippen molar-refractivity contribution in [3.05, 3.63) is 24.3 Å². The van der Waals surface area contributed by atoms with E-state index in [-0.39, 0.29) is 6.61 Å². The molecule has 0 aliphatic heterocycles. The summed E-state index contributed by atoms with van der Waals surface area (Å²) in [5, 5.41) is -3.16. The summed E-state index contributed by atoms with van der Waals surface area (Å²) >= 11 is 0.820. The average molecular weight is 317 g/mol. The van der Waals surface area contributed by atoms with Gasteiger partial charge >= 0.3 is 11.0 Å². The molecule has 20 heavy (non-hydrogen) atoms. The quantitative estimate of drug-likeness (QED) is 0.809. The number of carbonyl (C=O) groups excluding carboxylic acids is 1. The largest absolute Gasteiger partial charge is 0.463 e. The number of ether oxygens (including phenoxy) is 1. The summed E-state index contributed by atoms with van der Waals surface area (Å²) in [5.74, 6) is -1.43. The molecule has 0 aliphatic rings. The van der Waals surface area contributed by atoms with E-state index >= 15 is 0 Å². The molecule has 1 heterocycles. The van der Waals surface area contributed by atoms with Crippen molar-refractivity contribution >= 4 is 37.4 Å². The van der Waals surface area contributed by atoms with E-state index in [2.05, 4.69) is 9.72 Å². The molecule has 0 spiro atoms. The Bertz CT molecular complexity index is 719. The Labute approximate surface area is 119 Å². The lowest BCUT2D eigenvalue weighted by atomic mass is 10.3. The molecule has 5 nitrogen and oxygen atoms in total. The van der Waals surface area contributed by atoms with Crippen LogP contribution in [0.5, 0.6) is 0 Å². The van der Waals surface area contributed by atoms with Gasteiger partial charge in [-0.05, 0) is 26.0 Å². The summed E-state index contributed by atoms with van der Waals surface area (Å²) in [6, 6.07) is 6.70. The second-order valence-electron chi connectivity index (χ2n) is 4.09. The second-order valence-corrected chi connectivity index (χ2v) is 7.54. The molecule has 0 aliphatic carbocycles. The number of hydrogen-bond donors (Lipinski definition) is 0. The van der Waals surface area contributed by atoms with E-state index in [0.29, 0.717) is 17.1 Å². The smallest absolute Gasteiger partial charge is 0.360 e. The van der Waals surface area contributed by atoms with Crippen molar-refractivity contribution in [3.63, 3.8) is 0 Å². The van der Waals surface area contributed by atoms with Gasteiger partial charge in [-0.15, -0.1) is 11.3 Å². The van der Waals surface area contributed by atoms with Crippen LogP contribution in [0.4, 0.5) is 4.39 Å². The van der Waals surface area contributed by atoms with Gasteiger partial charge in [0.05, 0.1) is 16.8 Å². The first-order valence-electron chi connectivity index (χ1n) is 5.77. The number of fused-ring (bicyclic) bond motifs is 1. The molecule has 0 saturated carbocycles. The third kappa shape index (κ3) is 2.29. The summed E-state index contributed by atoms with van der Waals surface area (Å²) in [4.78, 5) is 15.4. The lowest BCUT2D eigenvalue weighted by Crippen LogP contribution is -2.40. The van der Waals surface area contributed by atoms with Crippen LogP contribution in [0.15, 0.2) is 28.6 Å². The zero-order valence-corrected chi connectivity index (χ0v) is 12.4. The average Bonchev–Trinajstić information content (AvgIpc) is 2.83. The van der Waals surface area contributed by atoms with Gasteiger partial charge in [-0.1, -0.05) is 12.1 Å². The van der Waals surface area contributed by atoms with Crippen molar-refractivity contribution in [2.45, 2.75) is 23.2 Å². The van der Waals surface area contributed by atoms with Crippen LogP contribution in [-0.2, 0) is 19.4 Å². The summed E-state index contributed by atoms with van der Waals surface area (Å²) in [6.07, 6.45) is 0. The predicted octanol–water partition coefficient (Wildman–Crippen LogP) is 2.32. The van der Waals surface area contributed by atoms with Crippen molar-refractivity contribution in [2.75, 3.05) is 6.61 Å². The van der Waals surface area contributed by atoms with Gasteiger partial charge in [0.1, 0.15) is 0 Å². The summed E-state index contributed by atoms with van der Waals surface area (Å²) in [5.41, 5.74) is 0.440. The molecule has 0 radical (unpaired) electrons. The molecule has 0 N–H and O–H groups in total. The Hall–Kier alpha value is -1.54. The summed E-state index contributed by atoms with van der Waals surface area (Å²) < 4.78 is 43.4. The Morgan fingerprint density at radius 2 is 2.10 bits per heavy atom. The molecule has 0 bridgehead atoms. The fraction of sp³-hybridized carbons (Fsp3) is 0.333. The Kier molecular flexibility index (Phi) is 3.79. The van der Waals surface area contributed by atoms with Crippen LogP contribution in [0.25, 0.3) is 10.2 Å². The van der Waals surface area contributed by atoms with E-state index in [9.17, 15) is 17.6 Å². The first-order valence-corrected chi connectivity index (χ1v) is 8.07. The van der Waals surface area contributed by atoms with Crippen LogP contribution in [0, 0.1) is 0 Å². The number of halogens is 1. The molecule has 1 aromatic carbocycles. The zero-order chi connectivity index (χ0) is 15.0. The fourth-order valence-corrected chi connectivity index (χ4v) is 4.20. The molecule has 2 aromatic rings. The number of alkyl halides is 1. The number of hydrogen-bond acceptors (Lipinski definition) is 6. The second kappa shape index (κ2) is 5.10. The Morgan fingerprint density at radius 1 is 1.45 bits per heavy atom. The third-order valence-corrected chi connectivity index (χ3v) is 6.12. The molecule has 8 heteroatoms. The number of benzene rings is 1. The molecular weight excluding hydrogens is 305 g/mol. The number of aromatic nitrogens is 1. The highest BCUT2D eigenvalue weighted by Gasteiger charge is 2.51. The topological polar surface area (TPSA) is 73.3 Å². The van der Waals surface area contributed by atoms with Crippen molar-refractivity contribution < 1.29 is 22.3 Å². The van der Waals surface area contributed by atoms with Gasteiger partial charge in [-0.2, -0.15) is 0 Å². The van der Waals surface area contributed by atoms with Crippen molar-refractivity contribution in [2.24, 2.45) is 0 Å². The Balaban J connectivity index is 2.51. The number of rotatable bonds is 4. The number of carbonyl (C=O) groups is 1. The standard InChI is InChI=1S/C12H12FNO4S2/c1-3-18-10(15)12(2,13)20(16,17)11-14-8-6-4-5-7-9(8)19-11/h4-7H,3H2,1-2H3. The molecule has 1 atom stereocenters. The number of para-hydroxylation sites is 1. The van der Waals surface area contributed by atoms with Crippen molar-refractivity contribution in [1.29, 1.82) is 0 Å². The van der Waals surface area contributed by atoms with Crippen molar-refractivity contribution in [1.82, 2.24) is 4.98 Å². The first kappa shape index (κ1) is 14.9. The number of sulfone groups is 1. The molecule has 108 valence electrons. The predicted molar refractivity (Wildman–Crippen MR) is 73.0 cm³/mol. The van der Waals surface area contributed by atoms with E-state index < -0.39 is 25.1 Å². The van der Waals surface area contributed by atoms with Crippen LogP contribution in [0.2, 0.25) is 0 Å². The first-order chi connectivity index (χ1) is 9.30. The number of nitrogens with zero attached hydrogens (tertiary/aromatic N) is 1. The molecule has 0 fully saturated rings. The molecule has 1 aromatic heterocycles. The van der Waals surface area contributed by atoms with E-state index in [1.165, 1.54) is 6.92 Å². The van der Waals surface area contributed by atoms with Gasteiger partial charge in [0.25, 0.3) is 9.84 Å². The van der Waals surface area contributed by atoms with Crippen LogP contribution < -0.4 is 0 Å². The lowest BCUT2D eigenvalue weighted by Gasteiger charge is -2.16. The van der Waals surface area contributed by atoms with E-state index in [1.54, 1.807) is 24.3 Å². The SMILES string of the molecule is CCOC(=O)C(C)(F)S(=O)(=O)c1nc2ccccc2s1. The molecule has 1 unspecified atom stereocenters. The van der Waals surface area contributed by atoms with Crippen LogP contribution >= 0.6 is 11.3 Å². The minimum absolute atomic E-state index is 0.103. The molecule has 0 saturated heterocycles. The molecular formula is C12H12FNO4S2. The maximum atomic E-state index is 14.4. The van der Waals surface area contributed by atoms with Crippen LogP contribution in [-0.4, -0.2) is 31.0 Å². The normalized spacial score (nSPS) is 14.9. The van der Waals surface area contributed by atoms with Crippen LogP contribution in [0.3, 0.4) is 0 Å². The monoisotopic (exact) mass is 317 g/mol. The molecule has 0 amide bonds. The third-order valence-electron chi connectivity index (χ3n) is 2.65. The van der Waals surface area contributed by atoms with Crippen molar-refractivity contribution in [3.8, 4) is 0 Å². The highest BCUT2D eigenvalue weighted by atomic mass is 32.2. The number of thiazole rings is 1. The van der Waals surface area contributed by atoms with Gasteiger partial charge in [0.15, 0.2) is 0 Å². The summed E-state index contributed by atoms with van der Waals surface area (Å²) in [7, 11) is -4.56. The fourth-order valence-electron chi connectivity index (χ4n) is 1.50. The summed E-state index contributed by atoms with van der Waals surface area (Å²) in [6.45, 7) is 2.04. The highest BCUT2D eigenvalue weighted by Crippen LogP contribution is 2.33. The van der Waals surface area contributed by atoms with Gasteiger partial charge in [-0.25, -0.2) is 22.6 Å². The van der Waals surface area contributed by atoms with E-state index in [1.807, 2.05) is 0 Å². The Morgan fingerprint density at radius 3 is 2.70 bits per heavy atom. The zero-order valence-electron chi connectivity index (χ0n) is 10.8. The highest BCUT2D eigenvalue weighted by molar-refractivity contribution is 7.95. The number of esters is 1. The van der Waals surface area contributed by atoms with Gasteiger partial charge in [0.2, 0.25) is 4.34 Å². The maximum absolute atomic E-state index is 14.4. The van der Waals surface area contributed by atoms with E-state index in [0.717, 1.165) is 11.3 Å². The minimum atomic E-state index is -4.56. The van der Waals surface area contributed by atoms with E-state index in [4.69, 9.17) is 0 Å². The molecule has 2 rings (SSSR count). The minimum Gasteiger partial charge on any atom is -0.463 e. The van der Waals surface area contributed by atoms with Gasteiger partial charge in [-0.3, -0.25) is 0 Å². The van der Waals surface area contributed by atoms with Crippen LogP contribution in [0.1, 0.15) is 13.8 Å². The maximum Gasteiger partial charge on any atom is 0.360 e. The van der Waals surface area contributed by atoms with Gasteiger partial charge < -0.3 is 4.74 Å². The van der Waals surface area contributed by atoms with Gasteiger partial charge in [0, 0.05) is 0 Å².